The van der Waals surface area contributed by atoms with Crippen LogP contribution in [-0.2, 0) is 9.59 Å². The molecule has 3 aliphatic heterocycles. The molecule has 3 fully saturated rings. The van der Waals surface area contributed by atoms with Crippen LogP contribution in [0.15, 0.2) is 30.3 Å². The molecule has 0 radical (unpaired) electrons. The molecule has 0 aromatic heterocycles. The highest BCUT2D eigenvalue weighted by Gasteiger charge is 2.36. The van der Waals surface area contributed by atoms with Crippen LogP contribution in [0.25, 0.3) is 0 Å². The maximum absolute atomic E-state index is 9.77. The molecule has 3 saturated heterocycles. The monoisotopic (exact) mass is 366 g/mol. The average molecular weight is 366 g/mol. The second-order valence-corrected chi connectivity index (χ2v) is 6.79. The molecule has 1 aromatic rings. The molecule has 8 heteroatoms. The lowest BCUT2D eigenvalue weighted by Gasteiger charge is -2.47. The van der Waals surface area contributed by atoms with E-state index in [0.717, 1.165) is 5.92 Å². The fourth-order valence-electron chi connectivity index (χ4n) is 3.55. The number of aliphatic carboxylic acids is 2. The first-order chi connectivity index (χ1) is 12.3. The first-order valence-electron chi connectivity index (χ1n) is 8.67. The predicted octanol–water partition coefficient (Wildman–Crippen LogP) is 0.0481. The van der Waals surface area contributed by atoms with Crippen LogP contribution < -0.4 is 5.73 Å². The van der Waals surface area contributed by atoms with Crippen molar-refractivity contribution in [2.45, 2.75) is 43.6 Å². The Morgan fingerprint density at radius 3 is 1.88 bits per heavy atom. The number of carboxylic acids is 2. The number of aliphatic hydroxyl groups is 2. The number of hydrogen-bond acceptors (Lipinski definition) is 6. The van der Waals surface area contributed by atoms with Crippen LogP contribution in [0.2, 0.25) is 0 Å². The third-order valence-corrected chi connectivity index (χ3v) is 5.10. The average Bonchev–Trinajstić information content (AvgIpc) is 2.68. The van der Waals surface area contributed by atoms with Gasteiger partial charge in [-0.25, -0.2) is 9.59 Å². The highest BCUT2D eigenvalue weighted by molar-refractivity contribution is 5.83. The SMILES string of the molecule is N[C@@H](c1ccccc1)[C@@H]1CC2CCN1CC2.O=C(O)C(O)C(O)C(=O)O. The summed E-state index contributed by atoms with van der Waals surface area (Å²) in [6, 6.07) is 11.3. The third kappa shape index (κ3) is 5.01. The number of aliphatic hydroxyl groups excluding tert-OH is 2. The number of benzene rings is 1. The molecule has 4 atom stereocenters. The van der Waals surface area contributed by atoms with E-state index in [4.69, 9.17) is 26.2 Å². The summed E-state index contributed by atoms with van der Waals surface area (Å²) in [6.45, 7) is 2.52. The van der Waals surface area contributed by atoms with Crippen LogP contribution in [0.1, 0.15) is 30.9 Å². The van der Waals surface area contributed by atoms with Crippen molar-refractivity contribution in [1.82, 2.24) is 4.90 Å². The van der Waals surface area contributed by atoms with Crippen molar-refractivity contribution in [3.05, 3.63) is 35.9 Å². The Morgan fingerprint density at radius 2 is 1.50 bits per heavy atom. The first kappa shape index (κ1) is 20.3. The van der Waals surface area contributed by atoms with E-state index in [1.54, 1.807) is 0 Å². The van der Waals surface area contributed by atoms with E-state index >= 15 is 0 Å². The summed E-state index contributed by atoms with van der Waals surface area (Å²) in [6.07, 6.45) is -0.457. The lowest BCUT2D eigenvalue weighted by molar-refractivity contribution is -0.165. The normalized spacial score (nSPS) is 27.6. The number of piperidine rings is 3. The molecule has 26 heavy (non-hydrogen) atoms. The Hall–Kier alpha value is -2.00. The van der Waals surface area contributed by atoms with Crippen molar-refractivity contribution in [2.24, 2.45) is 11.7 Å². The minimum atomic E-state index is -2.27. The Labute approximate surface area is 151 Å². The Morgan fingerprint density at radius 1 is 1.00 bits per heavy atom. The maximum atomic E-state index is 9.77. The van der Waals surface area contributed by atoms with Crippen LogP contribution >= 0.6 is 0 Å². The molecule has 0 saturated carbocycles. The molecule has 2 unspecified atom stereocenters. The zero-order valence-electron chi connectivity index (χ0n) is 14.4. The lowest BCUT2D eigenvalue weighted by Crippen LogP contribution is -2.52. The number of carbonyl (C=O) groups is 2. The Balaban J connectivity index is 0.000000213. The van der Waals surface area contributed by atoms with Gasteiger partial charge >= 0.3 is 11.9 Å². The molecular formula is C18H26N2O6. The number of nitrogens with zero attached hydrogens (tertiary/aromatic N) is 1. The van der Waals surface area contributed by atoms with Crippen LogP contribution in [0.3, 0.4) is 0 Å². The van der Waals surface area contributed by atoms with Crippen LogP contribution in [0.5, 0.6) is 0 Å². The van der Waals surface area contributed by atoms with Gasteiger partial charge in [0.15, 0.2) is 12.2 Å². The standard InChI is InChI=1S/C14H20N2.C4H6O6/c15-14(12-4-2-1-3-5-12)13-10-11-6-8-16(13)9-7-11;5-1(3(7)8)2(6)4(9)10/h1-5,11,13-14H,6-10,15H2;1-2,5-6H,(H,7,8)(H,9,10)/t13-,14-;/m0./s1. The fraction of sp³-hybridized carbons (Fsp3) is 0.556. The van der Waals surface area contributed by atoms with Gasteiger partial charge in [-0.15, -0.1) is 0 Å². The van der Waals surface area contributed by atoms with Gasteiger partial charge in [0, 0.05) is 12.1 Å². The second-order valence-electron chi connectivity index (χ2n) is 6.79. The molecule has 3 aliphatic rings. The minimum absolute atomic E-state index is 0.198. The van der Waals surface area contributed by atoms with Gasteiger partial charge in [-0.05, 0) is 43.8 Å². The molecule has 6 N–H and O–H groups in total. The predicted molar refractivity (Wildman–Crippen MR) is 93.4 cm³/mol. The summed E-state index contributed by atoms with van der Waals surface area (Å²) in [4.78, 5) is 22.1. The zero-order chi connectivity index (χ0) is 19.3. The van der Waals surface area contributed by atoms with Crippen molar-refractivity contribution in [1.29, 1.82) is 0 Å². The van der Waals surface area contributed by atoms with Gasteiger partial charge in [-0.1, -0.05) is 30.3 Å². The van der Waals surface area contributed by atoms with E-state index < -0.39 is 24.1 Å². The highest BCUT2D eigenvalue weighted by atomic mass is 16.4. The molecule has 3 heterocycles. The highest BCUT2D eigenvalue weighted by Crippen LogP contribution is 2.36. The molecule has 0 aliphatic carbocycles. The summed E-state index contributed by atoms with van der Waals surface area (Å²) in [5.74, 6) is -2.60. The van der Waals surface area contributed by atoms with Gasteiger partial charge in [-0.3, -0.25) is 4.90 Å². The Bertz CT molecular complexity index is 585. The molecule has 1 aromatic carbocycles. The van der Waals surface area contributed by atoms with Crippen LogP contribution in [-0.4, -0.2) is 68.6 Å². The van der Waals surface area contributed by atoms with Gasteiger partial charge in [0.05, 0.1) is 0 Å². The van der Waals surface area contributed by atoms with E-state index in [1.807, 2.05) is 0 Å². The van der Waals surface area contributed by atoms with Crippen LogP contribution in [0.4, 0.5) is 0 Å². The van der Waals surface area contributed by atoms with Crippen molar-refractivity contribution < 1.29 is 30.0 Å². The van der Waals surface area contributed by atoms with Gasteiger partial charge in [0.1, 0.15) is 0 Å². The summed E-state index contributed by atoms with van der Waals surface area (Å²) in [5.41, 5.74) is 7.71. The molecule has 0 amide bonds. The summed E-state index contributed by atoms with van der Waals surface area (Å²) in [5, 5.41) is 32.5. The number of fused-ring (bicyclic) bond motifs is 3. The molecule has 144 valence electrons. The summed E-state index contributed by atoms with van der Waals surface area (Å²) < 4.78 is 0. The number of nitrogens with two attached hydrogens (primary N) is 1. The minimum Gasteiger partial charge on any atom is -0.479 e. The number of hydrogen-bond donors (Lipinski definition) is 5. The molecule has 2 bridgehead atoms. The van der Waals surface area contributed by atoms with E-state index in [9.17, 15) is 9.59 Å². The van der Waals surface area contributed by atoms with E-state index in [1.165, 1.54) is 37.9 Å². The third-order valence-electron chi connectivity index (χ3n) is 5.10. The lowest BCUT2D eigenvalue weighted by atomic mass is 9.79. The summed E-state index contributed by atoms with van der Waals surface area (Å²) >= 11 is 0. The topological polar surface area (TPSA) is 144 Å². The van der Waals surface area contributed by atoms with Crippen molar-refractivity contribution >= 4 is 11.9 Å². The maximum Gasteiger partial charge on any atom is 0.335 e. The summed E-state index contributed by atoms with van der Waals surface area (Å²) in [7, 11) is 0. The fourth-order valence-corrected chi connectivity index (χ4v) is 3.55. The quantitative estimate of drug-likeness (QED) is 0.491. The van der Waals surface area contributed by atoms with E-state index in [0.29, 0.717) is 6.04 Å². The van der Waals surface area contributed by atoms with Gasteiger partial charge in [0.25, 0.3) is 0 Å². The first-order valence-corrected chi connectivity index (χ1v) is 8.67. The largest absolute Gasteiger partial charge is 0.479 e. The molecule has 8 nitrogen and oxygen atoms in total. The zero-order valence-corrected chi connectivity index (χ0v) is 14.4. The number of rotatable bonds is 5. The van der Waals surface area contributed by atoms with E-state index in [2.05, 4.69) is 35.2 Å². The smallest absolute Gasteiger partial charge is 0.335 e. The van der Waals surface area contributed by atoms with E-state index in [-0.39, 0.29) is 6.04 Å². The number of carboxylic acid groups (broad SMARTS) is 2. The molecular weight excluding hydrogens is 340 g/mol. The molecule has 0 spiro atoms. The second kappa shape index (κ2) is 9.09. The van der Waals surface area contributed by atoms with Gasteiger partial charge in [0.2, 0.25) is 0 Å². The van der Waals surface area contributed by atoms with Crippen molar-refractivity contribution in [2.75, 3.05) is 13.1 Å². The van der Waals surface area contributed by atoms with Crippen LogP contribution in [0, 0.1) is 5.92 Å². The van der Waals surface area contributed by atoms with Crippen molar-refractivity contribution in [3.63, 3.8) is 0 Å². The Kier molecular flexibility index (Phi) is 7.10. The van der Waals surface area contributed by atoms with Gasteiger partial charge < -0.3 is 26.2 Å². The molecule has 4 rings (SSSR count). The van der Waals surface area contributed by atoms with Gasteiger partial charge in [-0.2, -0.15) is 0 Å². The van der Waals surface area contributed by atoms with Crippen molar-refractivity contribution in [3.8, 4) is 0 Å².